The fraction of sp³-hybridized carbons (Fsp3) is 0.625. The van der Waals surface area contributed by atoms with Crippen LogP contribution < -0.4 is 10.2 Å². The van der Waals surface area contributed by atoms with Crippen LogP contribution in [-0.2, 0) is 11.2 Å². The van der Waals surface area contributed by atoms with E-state index in [-0.39, 0.29) is 56.7 Å². The highest BCUT2D eigenvalue weighted by molar-refractivity contribution is 6.00. The van der Waals surface area contributed by atoms with Gasteiger partial charge in [0.25, 0.3) is 5.91 Å². The molecule has 2 fully saturated rings. The van der Waals surface area contributed by atoms with Crippen LogP contribution in [0.3, 0.4) is 0 Å². The van der Waals surface area contributed by atoms with E-state index in [1.165, 1.54) is 17.7 Å². The Morgan fingerprint density at radius 2 is 1.82 bits per heavy atom. The van der Waals surface area contributed by atoms with E-state index in [1.807, 2.05) is 0 Å². The van der Waals surface area contributed by atoms with Gasteiger partial charge in [-0.15, -0.1) is 0 Å². The molecule has 1 aromatic carbocycles. The quantitative estimate of drug-likeness (QED) is 0.703. The molecular weight excluding hydrogens is 449 g/mol. The van der Waals surface area contributed by atoms with E-state index in [0.717, 1.165) is 6.42 Å². The van der Waals surface area contributed by atoms with Crippen LogP contribution >= 0.6 is 0 Å². The summed E-state index contributed by atoms with van der Waals surface area (Å²) < 4.78 is 38.1. The van der Waals surface area contributed by atoms with Gasteiger partial charge < -0.3 is 10.2 Å². The largest absolute Gasteiger partial charge is 0.401 e. The third-order valence-corrected chi connectivity index (χ3v) is 6.74. The lowest BCUT2D eigenvalue weighted by Crippen LogP contribution is -2.55. The number of anilines is 1. The molecule has 7 nitrogen and oxygen atoms in total. The summed E-state index contributed by atoms with van der Waals surface area (Å²) >= 11 is 0. The maximum Gasteiger partial charge on any atom is 0.401 e. The molecule has 34 heavy (non-hydrogen) atoms. The maximum atomic E-state index is 13.4. The number of hydrogen-bond donors (Lipinski definition) is 1. The number of carbonyl (C=O) groups is 3. The zero-order valence-corrected chi connectivity index (χ0v) is 19.4. The molecule has 0 spiro atoms. The smallest absolute Gasteiger partial charge is 0.352 e. The molecule has 1 aliphatic carbocycles. The van der Waals surface area contributed by atoms with Gasteiger partial charge in [-0.1, -0.05) is 12.8 Å². The number of piperazine rings is 1. The van der Waals surface area contributed by atoms with E-state index in [1.54, 1.807) is 34.9 Å². The molecule has 0 bridgehead atoms. The number of Topliss-reactive ketones (excluding diaryl/α,β-unsaturated/α-hetero) is 1. The van der Waals surface area contributed by atoms with E-state index < -0.39 is 18.8 Å². The number of nitrogens with one attached hydrogen (secondary N) is 1. The van der Waals surface area contributed by atoms with Gasteiger partial charge in [0.15, 0.2) is 0 Å². The number of fused-ring (bicyclic) bond motifs is 1. The van der Waals surface area contributed by atoms with Gasteiger partial charge in [-0.05, 0) is 43.0 Å². The van der Waals surface area contributed by atoms with Crippen molar-refractivity contribution in [1.82, 2.24) is 15.1 Å². The van der Waals surface area contributed by atoms with Gasteiger partial charge in [-0.25, -0.2) is 4.79 Å². The summed E-state index contributed by atoms with van der Waals surface area (Å²) in [5, 5.41) is 2.92. The number of halogens is 3. The van der Waals surface area contributed by atoms with Crippen molar-refractivity contribution < 1.29 is 27.6 Å². The first-order chi connectivity index (χ1) is 16.1. The summed E-state index contributed by atoms with van der Waals surface area (Å²) in [6.07, 6.45) is -0.562. The van der Waals surface area contributed by atoms with Gasteiger partial charge in [-0.3, -0.25) is 19.4 Å². The lowest BCUT2D eigenvalue weighted by molar-refractivity contribution is -0.148. The Hall–Kier alpha value is -2.62. The Labute approximate surface area is 197 Å². The van der Waals surface area contributed by atoms with Gasteiger partial charge in [0, 0.05) is 62.9 Å². The van der Waals surface area contributed by atoms with E-state index in [2.05, 4.69) is 5.32 Å². The van der Waals surface area contributed by atoms with Crippen LogP contribution in [0.5, 0.6) is 0 Å². The number of carbonyl (C=O) groups excluding carboxylic acids is 3. The zero-order valence-electron chi connectivity index (χ0n) is 19.4. The first kappa shape index (κ1) is 24.5. The molecule has 1 aromatic rings. The molecular formula is C24H31F3N4O3. The van der Waals surface area contributed by atoms with Crippen molar-refractivity contribution in [3.8, 4) is 0 Å². The van der Waals surface area contributed by atoms with Crippen molar-refractivity contribution in [2.45, 2.75) is 51.2 Å². The highest BCUT2D eigenvalue weighted by Gasteiger charge is 2.36. The molecule has 2 heterocycles. The minimum Gasteiger partial charge on any atom is -0.352 e. The average molecular weight is 481 g/mol. The number of urea groups is 1. The first-order valence-electron chi connectivity index (χ1n) is 11.9. The monoisotopic (exact) mass is 480 g/mol. The summed E-state index contributed by atoms with van der Waals surface area (Å²) in [5.74, 6) is 0.485. The van der Waals surface area contributed by atoms with Crippen molar-refractivity contribution in [2.24, 2.45) is 5.92 Å². The number of ketones is 1. The fourth-order valence-corrected chi connectivity index (χ4v) is 4.74. The average Bonchev–Trinajstić information content (AvgIpc) is 3.59. The van der Waals surface area contributed by atoms with Gasteiger partial charge >= 0.3 is 12.2 Å². The summed E-state index contributed by atoms with van der Waals surface area (Å²) in [4.78, 5) is 43.0. The highest BCUT2D eigenvalue weighted by Crippen LogP contribution is 2.32. The van der Waals surface area contributed by atoms with Crippen LogP contribution in [0.1, 0.15) is 48.5 Å². The van der Waals surface area contributed by atoms with Crippen molar-refractivity contribution >= 4 is 23.4 Å². The highest BCUT2D eigenvalue weighted by atomic mass is 19.4. The number of amides is 3. The fourth-order valence-electron chi connectivity index (χ4n) is 4.74. The third kappa shape index (κ3) is 6.08. The summed E-state index contributed by atoms with van der Waals surface area (Å²) in [6.45, 7) is 2.06. The van der Waals surface area contributed by atoms with E-state index in [0.29, 0.717) is 29.3 Å². The van der Waals surface area contributed by atoms with Crippen LogP contribution in [0, 0.1) is 5.92 Å². The van der Waals surface area contributed by atoms with Gasteiger partial charge in [0.05, 0.1) is 6.54 Å². The molecule has 2 aliphatic heterocycles. The minimum atomic E-state index is -4.27. The van der Waals surface area contributed by atoms with Crippen LogP contribution in [0.2, 0.25) is 0 Å². The van der Waals surface area contributed by atoms with Crippen LogP contribution in [0.25, 0.3) is 0 Å². The molecule has 10 heteroatoms. The summed E-state index contributed by atoms with van der Waals surface area (Å²) in [5.41, 5.74) is 1.65. The molecule has 4 rings (SSSR count). The van der Waals surface area contributed by atoms with E-state index >= 15 is 0 Å². The number of hydrogen-bond acceptors (Lipinski definition) is 4. The van der Waals surface area contributed by atoms with E-state index in [4.69, 9.17) is 0 Å². The maximum absolute atomic E-state index is 13.4. The molecule has 1 N–H and O–H groups in total. The van der Waals surface area contributed by atoms with Crippen LogP contribution in [-0.4, -0.2) is 79.0 Å². The Kier molecular flexibility index (Phi) is 7.16. The predicted octanol–water partition coefficient (Wildman–Crippen LogP) is 3.23. The Balaban J connectivity index is 1.47. The van der Waals surface area contributed by atoms with Crippen molar-refractivity contribution in [2.75, 3.05) is 44.2 Å². The second-order valence-corrected chi connectivity index (χ2v) is 9.63. The summed E-state index contributed by atoms with van der Waals surface area (Å²) in [6, 6.07) is 4.33. The topological polar surface area (TPSA) is 73.0 Å². The molecule has 0 radical (unpaired) electrons. The number of nitrogens with zero attached hydrogens (tertiary/aromatic N) is 3. The summed E-state index contributed by atoms with van der Waals surface area (Å²) in [7, 11) is 0. The van der Waals surface area contributed by atoms with Crippen molar-refractivity contribution in [3.63, 3.8) is 0 Å². The predicted molar refractivity (Wildman–Crippen MR) is 121 cm³/mol. The second-order valence-electron chi connectivity index (χ2n) is 9.63. The van der Waals surface area contributed by atoms with Crippen molar-refractivity contribution in [3.05, 3.63) is 29.3 Å². The second kappa shape index (κ2) is 9.93. The molecule has 3 amide bonds. The Morgan fingerprint density at radius 1 is 1.12 bits per heavy atom. The SMILES string of the molecule is C[C@H]1CC(=O)Cc2cc(C(=O)NCCC3CC3)ccc2N1C(=O)N1CCN(CC(F)(F)F)CC1. The van der Waals surface area contributed by atoms with Crippen LogP contribution in [0.4, 0.5) is 23.7 Å². The normalized spacial score (nSPS) is 21.8. The Bertz CT molecular complexity index is 940. The minimum absolute atomic E-state index is 0.0228. The Morgan fingerprint density at radius 3 is 2.47 bits per heavy atom. The third-order valence-electron chi connectivity index (χ3n) is 6.74. The van der Waals surface area contributed by atoms with Crippen LogP contribution in [0.15, 0.2) is 18.2 Å². The lowest BCUT2D eigenvalue weighted by atomic mass is 10.0. The number of alkyl halides is 3. The molecule has 1 atom stereocenters. The van der Waals surface area contributed by atoms with Gasteiger partial charge in [0.1, 0.15) is 5.78 Å². The first-order valence-corrected chi connectivity index (χ1v) is 11.9. The van der Waals surface area contributed by atoms with Gasteiger partial charge in [-0.2, -0.15) is 13.2 Å². The zero-order chi connectivity index (χ0) is 24.5. The molecule has 0 aromatic heterocycles. The van der Waals surface area contributed by atoms with Gasteiger partial charge in [0.2, 0.25) is 0 Å². The standard InChI is InChI=1S/C24H31F3N4O3/c1-16-12-20(32)14-19-13-18(22(33)28-7-6-17-2-3-17)4-5-21(19)31(16)23(34)30-10-8-29(9-11-30)15-24(25,26)27/h4-5,13,16-17H,2-3,6-12,14-15H2,1H3,(H,28,33)/t16-/m0/s1. The molecule has 1 saturated heterocycles. The number of rotatable bonds is 5. The molecule has 1 saturated carbocycles. The molecule has 0 unspecified atom stereocenters. The van der Waals surface area contributed by atoms with E-state index in [9.17, 15) is 27.6 Å². The molecule has 186 valence electrons. The lowest BCUT2D eigenvalue weighted by Gasteiger charge is -2.39. The number of benzene rings is 1. The molecule has 3 aliphatic rings. The van der Waals surface area contributed by atoms with Crippen molar-refractivity contribution in [1.29, 1.82) is 0 Å².